The molecule has 0 spiro atoms. The average molecular weight is 254 g/mol. The maximum absolute atomic E-state index is 12.3. The number of nitrogens with zero attached hydrogens (tertiary/aromatic N) is 1. The van der Waals surface area contributed by atoms with Crippen LogP contribution in [-0.4, -0.2) is 42.8 Å². The lowest BCUT2D eigenvalue weighted by Gasteiger charge is -2.29. The summed E-state index contributed by atoms with van der Waals surface area (Å²) in [4.78, 5) is 1.45. The van der Waals surface area contributed by atoms with Crippen LogP contribution < -0.4 is 5.32 Å². The number of likely N-dealkylation sites (N-methyl/N-ethyl adjacent to an activating group) is 1. The molecular formula is C12H25F3N2. The minimum absolute atomic E-state index is 0.0964. The Labute approximate surface area is 103 Å². The van der Waals surface area contributed by atoms with Gasteiger partial charge in [-0.05, 0) is 26.8 Å². The molecule has 0 aromatic heterocycles. The van der Waals surface area contributed by atoms with Crippen LogP contribution in [0.3, 0.4) is 0 Å². The molecule has 1 N–H and O–H groups in total. The van der Waals surface area contributed by atoms with Crippen LogP contribution in [0.5, 0.6) is 0 Å². The number of nitrogens with one attached hydrogen (secondary N) is 1. The Kier molecular flexibility index (Phi) is 7.79. The van der Waals surface area contributed by atoms with Crippen molar-refractivity contribution in [3.05, 3.63) is 0 Å². The van der Waals surface area contributed by atoms with Crippen molar-refractivity contribution >= 4 is 0 Å². The number of hydrogen-bond donors (Lipinski definition) is 1. The van der Waals surface area contributed by atoms with Crippen LogP contribution in [0, 0.1) is 0 Å². The molecule has 2 unspecified atom stereocenters. The van der Waals surface area contributed by atoms with Crippen molar-refractivity contribution in [3.63, 3.8) is 0 Å². The smallest absolute Gasteiger partial charge is 0.313 e. The summed E-state index contributed by atoms with van der Waals surface area (Å²) >= 11 is 0. The van der Waals surface area contributed by atoms with Gasteiger partial charge in [-0.1, -0.05) is 20.3 Å². The van der Waals surface area contributed by atoms with Gasteiger partial charge in [0.1, 0.15) is 0 Å². The number of hydrogen-bond acceptors (Lipinski definition) is 2. The third kappa shape index (κ3) is 8.44. The highest BCUT2D eigenvalue weighted by atomic mass is 19.4. The first-order chi connectivity index (χ1) is 7.80. The van der Waals surface area contributed by atoms with Crippen LogP contribution in [-0.2, 0) is 0 Å². The SMILES string of the molecule is CCCC(C)NCC(C)N(CC)CC(F)(F)F. The molecule has 0 rings (SSSR count). The van der Waals surface area contributed by atoms with Gasteiger partial charge in [-0.2, -0.15) is 13.2 Å². The fourth-order valence-corrected chi connectivity index (χ4v) is 1.85. The second-order valence-electron chi connectivity index (χ2n) is 4.63. The first-order valence-electron chi connectivity index (χ1n) is 6.34. The fraction of sp³-hybridized carbons (Fsp3) is 1.00. The van der Waals surface area contributed by atoms with E-state index in [1.165, 1.54) is 4.90 Å². The standard InChI is InChI=1S/C12H25F3N2/c1-5-7-10(3)16-8-11(4)17(6-2)9-12(13,14)15/h10-11,16H,5-9H2,1-4H3. The van der Waals surface area contributed by atoms with Crippen LogP contribution in [0.25, 0.3) is 0 Å². The molecular weight excluding hydrogens is 229 g/mol. The average Bonchev–Trinajstić information content (AvgIpc) is 2.21. The third-order valence-corrected chi connectivity index (χ3v) is 2.90. The van der Waals surface area contributed by atoms with E-state index in [-0.39, 0.29) is 6.04 Å². The normalized spacial score (nSPS) is 16.2. The first-order valence-corrected chi connectivity index (χ1v) is 6.34. The van der Waals surface area contributed by atoms with E-state index in [0.29, 0.717) is 19.1 Å². The van der Waals surface area contributed by atoms with Crippen LogP contribution in [0.4, 0.5) is 13.2 Å². The van der Waals surface area contributed by atoms with Gasteiger partial charge < -0.3 is 5.32 Å². The number of rotatable bonds is 8. The monoisotopic (exact) mass is 254 g/mol. The lowest BCUT2D eigenvalue weighted by molar-refractivity contribution is -0.149. The van der Waals surface area contributed by atoms with E-state index >= 15 is 0 Å². The summed E-state index contributed by atoms with van der Waals surface area (Å²) in [7, 11) is 0. The summed E-state index contributed by atoms with van der Waals surface area (Å²) in [6.45, 7) is 7.96. The molecule has 0 radical (unpaired) electrons. The molecule has 0 aliphatic heterocycles. The predicted octanol–water partition coefficient (Wildman–Crippen LogP) is 3.04. The van der Waals surface area contributed by atoms with Crippen molar-refractivity contribution in [2.75, 3.05) is 19.6 Å². The Bertz CT molecular complexity index is 195. The molecule has 0 fully saturated rings. The first kappa shape index (κ1) is 16.7. The van der Waals surface area contributed by atoms with Crippen LogP contribution in [0.2, 0.25) is 0 Å². The number of alkyl halides is 3. The van der Waals surface area contributed by atoms with E-state index < -0.39 is 12.7 Å². The Hall–Kier alpha value is -0.290. The van der Waals surface area contributed by atoms with E-state index in [0.717, 1.165) is 12.8 Å². The van der Waals surface area contributed by atoms with E-state index in [1.54, 1.807) is 6.92 Å². The van der Waals surface area contributed by atoms with Gasteiger partial charge in [-0.25, -0.2) is 0 Å². The van der Waals surface area contributed by atoms with E-state index in [2.05, 4.69) is 19.2 Å². The molecule has 0 aromatic carbocycles. The minimum Gasteiger partial charge on any atom is -0.313 e. The molecule has 104 valence electrons. The third-order valence-electron chi connectivity index (χ3n) is 2.90. The number of halogens is 3. The molecule has 2 atom stereocenters. The Morgan fingerprint density at radius 2 is 1.76 bits per heavy atom. The fourth-order valence-electron chi connectivity index (χ4n) is 1.85. The van der Waals surface area contributed by atoms with Crippen molar-refractivity contribution in [1.29, 1.82) is 0 Å². The molecule has 5 heteroatoms. The highest BCUT2D eigenvalue weighted by Gasteiger charge is 2.31. The van der Waals surface area contributed by atoms with Gasteiger partial charge in [-0.3, -0.25) is 4.90 Å². The zero-order valence-electron chi connectivity index (χ0n) is 11.3. The van der Waals surface area contributed by atoms with Gasteiger partial charge in [0.25, 0.3) is 0 Å². The van der Waals surface area contributed by atoms with E-state index in [9.17, 15) is 13.2 Å². The van der Waals surface area contributed by atoms with Crippen molar-refractivity contribution in [2.24, 2.45) is 0 Å². The van der Waals surface area contributed by atoms with Crippen LogP contribution in [0.1, 0.15) is 40.5 Å². The van der Waals surface area contributed by atoms with Crippen molar-refractivity contribution in [2.45, 2.75) is 58.8 Å². The second kappa shape index (κ2) is 7.93. The zero-order valence-corrected chi connectivity index (χ0v) is 11.3. The lowest BCUT2D eigenvalue weighted by atomic mass is 10.2. The molecule has 0 bridgehead atoms. The summed E-state index contributed by atoms with van der Waals surface area (Å²) in [5, 5.41) is 3.27. The Morgan fingerprint density at radius 1 is 1.18 bits per heavy atom. The van der Waals surface area contributed by atoms with Gasteiger partial charge in [0.05, 0.1) is 6.54 Å². The van der Waals surface area contributed by atoms with Crippen molar-refractivity contribution in [3.8, 4) is 0 Å². The summed E-state index contributed by atoms with van der Waals surface area (Å²) in [5.74, 6) is 0. The molecule has 0 amide bonds. The van der Waals surface area contributed by atoms with E-state index in [1.807, 2.05) is 6.92 Å². The van der Waals surface area contributed by atoms with Gasteiger partial charge in [0.15, 0.2) is 0 Å². The summed E-state index contributed by atoms with van der Waals surface area (Å²) in [6.07, 6.45) is -1.97. The largest absolute Gasteiger partial charge is 0.401 e. The molecule has 0 aromatic rings. The maximum atomic E-state index is 12.3. The molecule has 0 saturated carbocycles. The van der Waals surface area contributed by atoms with E-state index in [4.69, 9.17) is 0 Å². The summed E-state index contributed by atoms with van der Waals surface area (Å²) in [6, 6.07) is 0.271. The van der Waals surface area contributed by atoms with Gasteiger partial charge >= 0.3 is 6.18 Å². The van der Waals surface area contributed by atoms with Gasteiger partial charge in [0.2, 0.25) is 0 Å². The molecule has 2 nitrogen and oxygen atoms in total. The lowest BCUT2D eigenvalue weighted by Crippen LogP contribution is -2.46. The molecule has 0 saturated heterocycles. The van der Waals surface area contributed by atoms with Gasteiger partial charge in [-0.15, -0.1) is 0 Å². The summed E-state index contributed by atoms with van der Waals surface area (Å²) < 4.78 is 36.9. The molecule has 0 heterocycles. The van der Waals surface area contributed by atoms with Crippen LogP contribution >= 0.6 is 0 Å². The molecule has 0 aliphatic carbocycles. The minimum atomic E-state index is -4.11. The maximum Gasteiger partial charge on any atom is 0.401 e. The zero-order chi connectivity index (χ0) is 13.5. The Morgan fingerprint density at radius 3 is 2.18 bits per heavy atom. The highest BCUT2D eigenvalue weighted by molar-refractivity contribution is 4.73. The Balaban J connectivity index is 4.04. The quantitative estimate of drug-likeness (QED) is 0.716. The topological polar surface area (TPSA) is 15.3 Å². The highest BCUT2D eigenvalue weighted by Crippen LogP contribution is 2.17. The summed E-state index contributed by atoms with van der Waals surface area (Å²) in [5.41, 5.74) is 0. The van der Waals surface area contributed by atoms with Crippen molar-refractivity contribution in [1.82, 2.24) is 10.2 Å². The van der Waals surface area contributed by atoms with Gasteiger partial charge in [0, 0.05) is 18.6 Å². The van der Waals surface area contributed by atoms with Crippen LogP contribution in [0.15, 0.2) is 0 Å². The second-order valence-corrected chi connectivity index (χ2v) is 4.63. The van der Waals surface area contributed by atoms with Crippen molar-refractivity contribution < 1.29 is 13.2 Å². The predicted molar refractivity (Wildman–Crippen MR) is 65.1 cm³/mol. The molecule has 0 aliphatic rings. The molecule has 17 heavy (non-hydrogen) atoms.